The molecule has 126 valence electrons. The summed E-state index contributed by atoms with van der Waals surface area (Å²) in [5.41, 5.74) is 2.60. The number of halogens is 1. The van der Waals surface area contributed by atoms with Crippen LogP contribution in [0, 0.1) is 0 Å². The van der Waals surface area contributed by atoms with Crippen molar-refractivity contribution in [1.82, 2.24) is 10.2 Å². The van der Waals surface area contributed by atoms with Crippen molar-refractivity contribution in [2.24, 2.45) is 0 Å². The Morgan fingerprint density at radius 1 is 1.17 bits per heavy atom. The molecule has 0 amide bonds. The van der Waals surface area contributed by atoms with Crippen molar-refractivity contribution in [2.75, 3.05) is 6.61 Å². The van der Waals surface area contributed by atoms with E-state index in [1.54, 1.807) is 13.0 Å². The molecule has 1 heterocycles. The molecule has 2 aromatic rings. The van der Waals surface area contributed by atoms with Gasteiger partial charge < -0.3 is 4.74 Å². The molecule has 0 N–H and O–H groups in total. The van der Waals surface area contributed by atoms with E-state index in [0.29, 0.717) is 13.0 Å². The molecule has 0 aliphatic rings. The van der Waals surface area contributed by atoms with Crippen molar-refractivity contribution in [3.05, 3.63) is 60.8 Å². The van der Waals surface area contributed by atoms with Crippen LogP contribution in [0.1, 0.15) is 31.9 Å². The maximum Gasteiger partial charge on any atom is 0.119 e. The Morgan fingerprint density at radius 3 is 2.58 bits per heavy atom. The Balaban J connectivity index is 1.91. The summed E-state index contributed by atoms with van der Waals surface area (Å²) in [7, 11) is 0. The van der Waals surface area contributed by atoms with Crippen molar-refractivity contribution < 1.29 is 9.13 Å². The van der Waals surface area contributed by atoms with Gasteiger partial charge in [0, 0.05) is 5.56 Å². The number of alkyl halides is 1. The zero-order chi connectivity index (χ0) is 17.2. The second kappa shape index (κ2) is 9.60. The minimum Gasteiger partial charge on any atom is -0.490 e. The summed E-state index contributed by atoms with van der Waals surface area (Å²) < 4.78 is 18.1. The van der Waals surface area contributed by atoms with Gasteiger partial charge in [0.25, 0.3) is 0 Å². The Kier molecular flexibility index (Phi) is 7.15. The number of benzene rings is 1. The van der Waals surface area contributed by atoms with E-state index in [1.807, 2.05) is 48.6 Å². The molecular formula is C20H23FN2O. The van der Waals surface area contributed by atoms with E-state index in [0.717, 1.165) is 35.5 Å². The average molecular weight is 326 g/mol. The number of hydrogen-bond acceptors (Lipinski definition) is 3. The van der Waals surface area contributed by atoms with Crippen LogP contribution < -0.4 is 4.74 Å². The van der Waals surface area contributed by atoms with E-state index in [2.05, 4.69) is 16.8 Å². The van der Waals surface area contributed by atoms with Gasteiger partial charge >= 0.3 is 0 Å². The fraction of sp³-hybridized carbons (Fsp3) is 0.300. The van der Waals surface area contributed by atoms with Gasteiger partial charge in [0.2, 0.25) is 0 Å². The third-order valence-electron chi connectivity index (χ3n) is 3.46. The molecule has 0 bridgehead atoms. The molecule has 3 nitrogen and oxygen atoms in total. The molecular weight excluding hydrogens is 303 g/mol. The summed E-state index contributed by atoms with van der Waals surface area (Å²) in [4.78, 5) is 0. The lowest BCUT2D eigenvalue weighted by molar-refractivity contribution is 0.335. The van der Waals surface area contributed by atoms with Gasteiger partial charge in [-0.05, 0) is 68.7 Å². The summed E-state index contributed by atoms with van der Waals surface area (Å²) in [6.45, 7) is 5.70. The average Bonchev–Trinajstić information content (AvgIpc) is 2.60. The lowest BCUT2D eigenvalue weighted by Gasteiger charge is -2.04. The van der Waals surface area contributed by atoms with E-state index in [-0.39, 0.29) is 0 Å². The standard InChI is InChI=1S/C20H23FN2O/c1-3-15-24-19-12-9-17(10-13-19)20-14-11-18(22-23-20)8-6-4-5-7-16(2)21/h3,6,8-14,16H,1,4-5,7,15H2,2H3. The topological polar surface area (TPSA) is 35.0 Å². The van der Waals surface area contributed by atoms with Crippen LogP contribution in [0.3, 0.4) is 0 Å². The molecule has 1 aromatic heterocycles. The molecule has 24 heavy (non-hydrogen) atoms. The molecule has 1 aromatic carbocycles. The van der Waals surface area contributed by atoms with Gasteiger partial charge in [-0.15, -0.1) is 5.10 Å². The predicted molar refractivity (Wildman–Crippen MR) is 96.6 cm³/mol. The fourth-order valence-electron chi connectivity index (χ4n) is 2.18. The SMILES string of the molecule is C=CCOc1ccc(-c2ccc(C=CCCCC(C)F)nn2)cc1. The number of hydrogen-bond donors (Lipinski definition) is 0. The molecule has 0 spiro atoms. The number of ether oxygens (including phenoxy) is 1. The Morgan fingerprint density at radius 2 is 1.96 bits per heavy atom. The highest BCUT2D eigenvalue weighted by Gasteiger charge is 2.01. The maximum absolute atomic E-state index is 12.7. The number of aromatic nitrogens is 2. The van der Waals surface area contributed by atoms with E-state index >= 15 is 0 Å². The molecule has 0 fully saturated rings. The molecule has 0 aliphatic heterocycles. The number of nitrogens with zero attached hydrogens (tertiary/aromatic N) is 2. The quantitative estimate of drug-likeness (QED) is 0.466. The van der Waals surface area contributed by atoms with Crippen LogP contribution in [0.2, 0.25) is 0 Å². The molecule has 0 aliphatic carbocycles. The van der Waals surface area contributed by atoms with Gasteiger partial charge in [0.15, 0.2) is 0 Å². The lowest BCUT2D eigenvalue weighted by Crippen LogP contribution is -1.93. The Labute approximate surface area is 142 Å². The van der Waals surface area contributed by atoms with E-state index in [1.165, 1.54) is 0 Å². The highest BCUT2D eigenvalue weighted by Crippen LogP contribution is 2.20. The van der Waals surface area contributed by atoms with Gasteiger partial charge in [-0.25, -0.2) is 4.39 Å². The molecule has 0 radical (unpaired) electrons. The van der Waals surface area contributed by atoms with Crippen LogP contribution in [0.4, 0.5) is 4.39 Å². The van der Waals surface area contributed by atoms with Crippen molar-refractivity contribution in [1.29, 1.82) is 0 Å². The van der Waals surface area contributed by atoms with Gasteiger partial charge in [-0.3, -0.25) is 0 Å². The number of unbranched alkanes of at least 4 members (excludes halogenated alkanes) is 1. The van der Waals surface area contributed by atoms with E-state index in [4.69, 9.17) is 4.74 Å². The molecule has 1 unspecified atom stereocenters. The van der Waals surface area contributed by atoms with Gasteiger partial charge in [0.1, 0.15) is 12.4 Å². The second-order valence-corrected chi connectivity index (χ2v) is 5.58. The highest BCUT2D eigenvalue weighted by molar-refractivity contribution is 5.60. The van der Waals surface area contributed by atoms with Gasteiger partial charge in [0.05, 0.1) is 17.6 Å². The predicted octanol–water partition coefficient (Wildman–Crippen LogP) is 5.25. The molecule has 0 saturated carbocycles. The van der Waals surface area contributed by atoms with E-state index < -0.39 is 6.17 Å². The summed E-state index contributed by atoms with van der Waals surface area (Å²) in [6, 6.07) is 11.6. The van der Waals surface area contributed by atoms with Crippen molar-refractivity contribution in [3.63, 3.8) is 0 Å². The van der Waals surface area contributed by atoms with Crippen LogP contribution in [0.15, 0.2) is 55.1 Å². The summed E-state index contributed by atoms with van der Waals surface area (Å²) in [6.07, 6.45) is 7.21. The monoisotopic (exact) mass is 326 g/mol. The smallest absolute Gasteiger partial charge is 0.119 e. The minimum atomic E-state index is -0.731. The van der Waals surface area contributed by atoms with Crippen molar-refractivity contribution in [3.8, 4) is 17.0 Å². The first kappa shape index (κ1) is 17.9. The van der Waals surface area contributed by atoms with Crippen molar-refractivity contribution >= 4 is 6.08 Å². The molecule has 4 heteroatoms. The van der Waals surface area contributed by atoms with Crippen LogP contribution >= 0.6 is 0 Å². The third-order valence-corrected chi connectivity index (χ3v) is 3.46. The fourth-order valence-corrected chi connectivity index (χ4v) is 2.18. The largest absolute Gasteiger partial charge is 0.490 e. The molecule has 2 rings (SSSR count). The second-order valence-electron chi connectivity index (χ2n) is 5.58. The first-order chi connectivity index (χ1) is 11.7. The van der Waals surface area contributed by atoms with Crippen LogP contribution in [-0.2, 0) is 0 Å². The maximum atomic E-state index is 12.7. The third kappa shape index (κ3) is 5.95. The summed E-state index contributed by atoms with van der Waals surface area (Å²) in [5, 5.41) is 8.45. The van der Waals surface area contributed by atoms with Crippen LogP contribution in [0.25, 0.3) is 17.3 Å². The molecule has 0 saturated heterocycles. The number of rotatable bonds is 9. The molecule has 1 atom stereocenters. The number of allylic oxidation sites excluding steroid dienone is 1. The van der Waals surface area contributed by atoms with Crippen LogP contribution in [-0.4, -0.2) is 23.0 Å². The van der Waals surface area contributed by atoms with E-state index in [9.17, 15) is 4.39 Å². The lowest BCUT2D eigenvalue weighted by atomic mass is 10.1. The Hall–Kier alpha value is -2.49. The van der Waals surface area contributed by atoms with Gasteiger partial charge in [-0.2, -0.15) is 5.10 Å². The van der Waals surface area contributed by atoms with Gasteiger partial charge in [-0.1, -0.05) is 18.7 Å². The van der Waals surface area contributed by atoms with Crippen molar-refractivity contribution in [2.45, 2.75) is 32.4 Å². The first-order valence-electron chi connectivity index (χ1n) is 8.17. The minimum absolute atomic E-state index is 0.491. The summed E-state index contributed by atoms with van der Waals surface area (Å²) in [5.74, 6) is 0.800. The normalized spacial score (nSPS) is 12.2. The van der Waals surface area contributed by atoms with Crippen LogP contribution in [0.5, 0.6) is 5.75 Å². The first-order valence-corrected chi connectivity index (χ1v) is 8.17. The zero-order valence-corrected chi connectivity index (χ0v) is 14.0. The zero-order valence-electron chi connectivity index (χ0n) is 14.0. The highest BCUT2D eigenvalue weighted by atomic mass is 19.1. The Bertz CT molecular complexity index is 648. The summed E-state index contributed by atoms with van der Waals surface area (Å²) >= 11 is 0.